The molecule has 1 amide bonds. The molecule has 2 heterocycles. The molecule has 8 heteroatoms. The van der Waals surface area contributed by atoms with Crippen molar-refractivity contribution < 1.29 is 9.53 Å². The maximum absolute atomic E-state index is 12.1. The third-order valence-electron chi connectivity index (χ3n) is 3.96. The summed E-state index contributed by atoms with van der Waals surface area (Å²) in [7, 11) is 0. The normalized spacial score (nSPS) is 14.9. The Morgan fingerprint density at radius 1 is 1.27 bits per heavy atom. The molecular formula is C18H23N5O2S. The van der Waals surface area contributed by atoms with Crippen LogP contribution in [0.2, 0.25) is 0 Å². The summed E-state index contributed by atoms with van der Waals surface area (Å²) in [6, 6.07) is 9.42. The SMILES string of the molecule is C=CCn1c(CN2CCOCC2)nnc1SCC(=O)Nc1ccccc1. The Morgan fingerprint density at radius 2 is 2.04 bits per heavy atom. The van der Waals surface area contributed by atoms with Gasteiger partial charge in [-0.25, -0.2) is 0 Å². The fourth-order valence-corrected chi connectivity index (χ4v) is 3.43. The number of morpholine rings is 1. The number of aromatic nitrogens is 3. The number of thioether (sulfide) groups is 1. The first kappa shape index (κ1) is 18.6. The number of allylic oxidation sites excluding steroid dienone is 1. The van der Waals surface area contributed by atoms with Crippen molar-refractivity contribution in [1.82, 2.24) is 19.7 Å². The van der Waals surface area contributed by atoms with E-state index in [1.165, 1.54) is 11.8 Å². The van der Waals surface area contributed by atoms with E-state index in [2.05, 4.69) is 27.0 Å². The molecule has 1 aliphatic heterocycles. The Morgan fingerprint density at radius 3 is 2.77 bits per heavy atom. The number of benzene rings is 1. The zero-order valence-electron chi connectivity index (χ0n) is 14.6. The van der Waals surface area contributed by atoms with Gasteiger partial charge in [-0.05, 0) is 12.1 Å². The summed E-state index contributed by atoms with van der Waals surface area (Å²) >= 11 is 1.38. The number of amides is 1. The van der Waals surface area contributed by atoms with E-state index < -0.39 is 0 Å². The van der Waals surface area contributed by atoms with Crippen LogP contribution in [0.5, 0.6) is 0 Å². The molecule has 0 aliphatic carbocycles. The molecular weight excluding hydrogens is 350 g/mol. The van der Waals surface area contributed by atoms with Crippen LogP contribution in [0, 0.1) is 0 Å². The van der Waals surface area contributed by atoms with E-state index in [1.807, 2.05) is 41.0 Å². The molecule has 1 aromatic carbocycles. The number of carbonyl (C=O) groups excluding carboxylic acids is 1. The van der Waals surface area contributed by atoms with Crippen molar-refractivity contribution in [1.29, 1.82) is 0 Å². The van der Waals surface area contributed by atoms with Gasteiger partial charge in [0.2, 0.25) is 5.91 Å². The van der Waals surface area contributed by atoms with Crippen molar-refractivity contribution in [3.63, 3.8) is 0 Å². The molecule has 26 heavy (non-hydrogen) atoms. The number of anilines is 1. The summed E-state index contributed by atoms with van der Waals surface area (Å²) in [5.74, 6) is 1.10. The summed E-state index contributed by atoms with van der Waals surface area (Å²) in [6.45, 7) is 8.44. The number of hydrogen-bond acceptors (Lipinski definition) is 6. The van der Waals surface area contributed by atoms with Crippen molar-refractivity contribution in [2.75, 3.05) is 37.4 Å². The molecule has 0 atom stereocenters. The maximum atomic E-state index is 12.1. The van der Waals surface area contributed by atoms with Gasteiger partial charge < -0.3 is 14.6 Å². The number of para-hydroxylation sites is 1. The Labute approximate surface area is 157 Å². The summed E-state index contributed by atoms with van der Waals surface area (Å²) in [4.78, 5) is 14.4. The highest BCUT2D eigenvalue weighted by molar-refractivity contribution is 7.99. The maximum Gasteiger partial charge on any atom is 0.234 e. The Bertz CT molecular complexity index is 728. The second-order valence-corrected chi connectivity index (χ2v) is 6.83. The van der Waals surface area contributed by atoms with Gasteiger partial charge in [0.15, 0.2) is 5.16 Å². The number of rotatable bonds is 8. The average molecular weight is 373 g/mol. The third kappa shape index (κ3) is 5.17. The number of carbonyl (C=O) groups is 1. The number of nitrogens with one attached hydrogen (secondary N) is 1. The van der Waals surface area contributed by atoms with Crippen molar-refractivity contribution in [3.8, 4) is 0 Å². The highest BCUT2D eigenvalue weighted by atomic mass is 32.2. The minimum atomic E-state index is -0.0657. The minimum absolute atomic E-state index is 0.0657. The van der Waals surface area contributed by atoms with Gasteiger partial charge in [-0.3, -0.25) is 9.69 Å². The van der Waals surface area contributed by atoms with E-state index in [-0.39, 0.29) is 11.7 Å². The van der Waals surface area contributed by atoms with Crippen molar-refractivity contribution in [2.24, 2.45) is 0 Å². The lowest BCUT2D eigenvalue weighted by Gasteiger charge is -2.26. The van der Waals surface area contributed by atoms with Crippen LogP contribution in [-0.2, 0) is 22.6 Å². The van der Waals surface area contributed by atoms with Gasteiger partial charge in [0.05, 0.1) is 25.5 Å². The van der Waals surface area contributed by atoms with Crippen molar-refractivity contribution in [3.05, 3.63) is 48.8 Å². The van der Waals surface area contributed by atoms with E-state index in [4.69, 9.17) is 4.74 Å². The van der Waals surface area contributed by atoms with E-state index in [0.29, 0.717) is 6.54 Å². The second kappa shape index (κ2) is 9.51. The first-order chi connectivity index (χ1) is 12.8. The first-order valence-electron chi connectivity index (χ1n) is 8.57. The fraction of sp³-hybridized carbons (Fsp3) is 0.389. The molecule has 1 saturated heterocycles. The standard InChI is InChI=1S/C18H23N5O2S/c1-2-8-23-16(13-22-9-11-25-12-10-22)20-21-18(23)26-14-17(24)19-15-6-4-3-5-7-15/h2-7H,1,8-14H2,(H,19,24). The van der Waals surface area contributed by atoms with E-state index in [1.54, 1.807) is 0 Å². The fourth-order valence-electron chi connectivity index (χ4n) is 2.66. The number of nitrogens with zero attached hydrogens (tertiary/aromatic N) is 4. The van der Waals surface area contributed by atoms with Crippen LogP contribution in [-0.4, -0.2) is 57.6 Å². The Hall–Kier alpha value is -2.16. The zero-order valence-corrected chi connectivity index (χ0v) is 15.5. The van der Waals surface area contributed by atoms with Gasteiger partial charge in [-0.1, -0.05) is 36.0 Å². The molecule has 0 saturated carbocycles. The van der Waals surface area contributed by atoms with Gasteiger partial charge in [0, 0.05) is 25.3 Å². The van der Waals surface area contributed by atoms with Gasteiger partial charge in [0.25, 0.3) is 0 Å². The predicted molar refractivity (Wildman–Crippen MR) is 102 cm³/mol. The molecule has 0 spiro atoms. The van der Waals surface area contributed by atoms with Crippen LogP contribution in [0.25, 0.3) is 0 Å². The van der Waals surface area contributed by atoms with Crippen LogP contribution in [0.15, 0.2) is 48.1 Å². The molecule has 3 rings (SSSR count). The largest absolute Gasteiger partial charge is 0.379 e. The Kier molecular flexibility index (Phi) is 6.82. The van der Waals surface area contributed by atoms with Crippen LogP contribution in [0.3, 0.4) is 0 Å². The summed E-state index contributed by atoms with van der Waals surface area (Å²) in [5, 5.41) is 12.2. The zero-order chi connectivity index (χ0) is 18.2. The smallest absolute Gasteiger partial charge is 0.234 e. The predicted octanol–water partition coefficient (Wildman–Crippen LogP) is 2.03. The quantitative estimate of drug-likeness (QED) is 0.564. The molecule has 2 aromatic rings. The monoisotopic (exact) mass is 373 g/mol. The van der Waals surface area contributed by atoms with Gasteiger partial charge in [-0.2, -0.15) is 0 Å². The third-order valence-corrected chi connectivity index (χ3v) is 4.93. The Balaban J connectivity index is 1.59. The topological polar surface area (TPSA) is 72.3 Å². The molecule has 1 aliphatic rings. The van der Waals surface area contributed by atoms with Crippen LogP contribution in [0.4, 0.5) is 5.69 Å². The van der Waals surface area contributed by atoms with Gasteiger partial charge in [0.1, 0.15) is 5.82 Å². The lowest BCUT2D eigenvalue weighted by Crippen LogP contribution is -2.36. The summed E-state index contributed by atoms with van der Waals surface area (Å²) in [6.07, 6.45) is 1.82. The van der Waals surface area contributed by atoms with Crippen molar-refractivity contribution in [2.45, 2.75) is 18.2 Å². The molecule has 0 bridgehead atoms. The molecule has 1 fully saturated rings. The molecule has 1 N–H and O–H groups in total. The van der Waals surface area contributed by atoms with Crippen molar-refractivity contribution >= 4 is 23.4 Å². The summed E-state index contributed by atoms with van der Waals surface area (Å²) < 4.78 is 7.40. The average Bonchev–Trinajstić information content (AvgIpc) is 3.04. The highest BCUT2D eigenvalue weighted by Gasteiger charge is 2.18. The number of hydrogen-bond donors (Lipinski definition) is 1. The molecule has 1 aromatic heterocycles. The molecule has 138 valence electrons. The molecule has 7 nitrogen and oxygen atoms in total. The van der Waals surface area contributed by atoms with Crippen LogP contribution >= 0.6 is 11.8 Å². The first-order valence-corrected chi connectivity index (χ1v) is 9.55. The van der Waals surface area contributed by atoms with Crippen LogP contribution < -0.4 is 5.32 Å². The van der Waals surface area contributed by atoms with Gasteiger partial charge in [-0.15, -0.1) is 16.8 Å². The highest BCUT2D eigenvalue weighted by Crippen LogP contribution is 2.19. The van der Waals surface area contributed by atoms with E-state index in [0.717, 1.165) is 49.5 Å². The second-order valence-electron chi connectivity index (χ2n) is 5.89. The van der Waals surface area contributed by atoms with Gasteiger partial charge >= 0.3 is 0 Å². The minimum Gasteiger partial charge on any atom is -0.379 e. The van der Waals surface area contributed by atoms with E-state index >= 15 is 0 Å². The summed E-state index contributed by atoms with van der Waals surface area (Å²) in [5.41, 5.74) is 0.790. The van der Waals surface area contributed by atoms with E-state index in [9.17, 15) is 4.79 Å². The molecule has 0 unspecified atom stereocenters. The lowest BCUT2D eigenvalue weighted by molar-refractivity contribution is -0.113. The lowest BCUT2D eigenvalue weighted by atomic mass is 10.3. The molecule has 0 radical (unpaired) electrons. The van der Waals surface area contributed by atoms with Crippen LogP contribution in [0.1, 0.15) is 5.82 Å². The number of ether oxygens (including phenoxy) is 1.